The number of ether oxygens (including phenoxy) is 1. The summed E-state index contributed by atoms with van der Waals surface area (Å²) in [6, 6.07) is 19.3. The Morgan fingerprint density at radius 1 is 1.00 bits per heavy atom. The van der Waals surface area contributed by atoms with E-state index in [0.29, 0.717) is 53.7 Å². The summed E-state index contributed by atoms with van der Waals surface area (Å²) in [4.78, 5) is 45.3. The maximum absolute atomic E-state index is 14.5. The van der Waals surface area contributed by atoms with Crippen LogP contribution in [-0.2, 0) is 20.5 Å². The molecule has 2 N–H and O–H groups in total. The number of allylic oxidation sites excluding steroid dienone is 1. The molecular formula is C38H39F3N6O4. The van der Waals surface area contributed by atoms with Crippen LogP contribution in [0.2, 0.25) is 0 Å². The van der Waals surface area contributed by atoms with Crippen LogP contribution >= 0.6 is 0 Å². The van der Waals surface area contributed by atoms with Gasteiger partial charge in [0.05, 0.1) is 30.2 Å². The number of hydrogen-bond donors (Lipinski definition) is 2. The number of anilines is 2. The Morgan fingerprint density at radius 3 is 2.41 bits per heavy atom. The smallest absolute Gasteiger partial charge is 0.379 e. The van der Waals surface area contributed by atoms with Crippen LogP contribution < -0.4 is 15.5 Å². The van der Waals surface area contributed by atoms with Crippen LogP contribution in [0.5, 0.6) is 0 Å². The first-order valence-corrected chi connectivity index (χ1v) is 16.8. The Bertz CT molecular complexity index is 1950. The molecule has 0 aliphatic carbocycles. The van der Waals surface area contributed by atoms with Gasteiger partial charge in [0.1, 0.15) is 11.9 Å². The van der Waals surface area contributed by atoms with Crippen LogP contribution in [0.4, 0.5) is 24.7 Å². The maximum atomic E-state index is 14.5. The highest BCUT2D eigenvalue weighted by Crippen LogP contribution is 2.44. The lowest BCUT2D eigenvalue weighted by molar-refractivity contribution is -0.137. The van der Waals surface area contributed by atoms with Crippen molar-refractivity contribution >= 4 is 29.2 Å². The number of likely N-dealkylation sites (N-methyl/N-ethyl adjacent to an activating group) is 1. The van der Waals surface area contributed by atoms with Crippen LogP contribution in [0.1, 0.15) is 52.5 Å². The normalized spacial score (nSPS) is 18.4. The van der Waals surface area contributed by atoms with Gasteiger partial charge in [0.2, 0.25) is 0 Å². The highest BCUT2D eigenvalue weighted by atomic mass is 19.4. The molecule has 51 heavy (non-hydrogen) atoms. The number of halogens is 3. The fourth-order valence-corrected chi connectivity index (χ4v) is 6.67. The fourth-order valence-electron chi connectivity index (χ4n) is 6.67. The van der Waals surface area contributed by atoms with Crippen LogP contribution in [0, 0.1) is 6.92 Å². The van der Waals surface area contributed by atoms with Crippen molar-refractivity contribution in [2.24, 2.45) is 0 Å². The van der Waals surface area contributed by atoms with Gasteiger partial charge < -0.3 is 15.4 Å². The number of hydrogen-bond acceptors (Lipinski definition) is 6. The minimum absolute atomic E-state index is 0.234. The molecule has 3 aromatic carbocycles. The van der Waals surface area contributed by atoms with Crippen molar-refractivity contribution in [3.63, 3.8) is 0 Å². The van der Waals surface area contributed by atoms with Gasteiger partial charge in [-0.3, -0.25) is 24.2 Å². The lowest BCUT2D eigenvalue weighted by atomic mass is 9.81. The van der Waals surface area contributed by atoms with Gasteiger partial charge >= 0.3 is 6.18 Å². The van der Waals surface area contributed by atoms with Crippen molar-refractivity contribution in [2.75, 3.05) is 49.6 Å². The summed E-state index contributed by atoms with van der Waals surface area (Å²) in [5, 5.41) is 10.6. The van der Waals surface area contributed by atoms with E-state index in [1.807, 2.05) is 44.2 Å². The number of nitrogens with one attached hydrogen (secondary N) is 2. The SMILES string of the molecule is C/C=C(\CN1CCOCC1)C(=O)Nc1cccc([C@@H]2c3c(C)nn(-c4ccccc4)c3N(CC)C(=O)[C@H]2NC(=O)c2cccc(C(F)(F)F)c2)c1. The quantitative estimate of drug-likeness (QED) is 0.217. The second kappa shape index (κ2) is 14.9. The number of morpholine rings is 1. The van der Waals surface area contributed by atoms with E-state index in [9.17, 15) is 27.6 Å². The van der Waals surface area contributed by atoms with Crippen LogP contribution in [0.25, 0.3) is 5.69 Å². The fraction of sp³-hybridized carbons (Fsp3) is 0.316. The molecule has 2 atom stereocenters. The highest BCUT2D eigenvalue weighted by molar-refractivity contribution is 6.06. The third kappa shape index (κ3) is 7.45. The molecule has 2 aliphatic heterocycles. The Balaban J connectivity index is 1.41. The van der Waals surface area contributed by atoms with Gasteiger partial charge in [-0.1, -0.05) is 42.5 Å². The van der Waals surface area contributed by atoms with Gasteiger partial charge in [-0.15, -0.1) is 0 Å². The van der Waals surface area contributed by atoms with Gasteiger partial charge in [-0.25, -0.2) is 4.68 Å². The zero-order valence-electron chi connectivity index (χ0n) is 28.5. The largest absolute Gasteiger partial charge is 0.416 e. The second-order valence-electron chi connectivity index (χ2n) is 12.4. The van der Waals surface area contributed by atoms with Crippen molar-refractivity contribution in [3.05, 3.63) is 118 Å². The summed E-state index contributed by atoms with van der Waals surface area (Å²) in [6.45, 7) is 8.76. The van der Waals surface area contributed by atoms with E-state index in [2.05, 4.69) is 15.5 Å². The average Bonchev–Trinajstić information content (AvgIpc) is 3.47. The number of aromatic nitrogens is 2. The summed E-state index contributed by atoms with van der Waals surface area (Å²) >= 11 is 0. The maximum Gasteiger partial charge on any atom is 0.416 e. The summed E-state index contributed by atoms with van der Waals surface area (Å²) in [6.07, 6.45) is -2.88. The summed E-state index contributed by atoms with van der Waals surface area (Å²) < 4.78 is 47.8. The molecule has 1 aromatic heterocycles. The Morgan fingerprint density at radius 2 is 1.73 bits per heavy atom. The molecule has 13 heteroatoms. The number of amides is 3. The number of aryl methyl sites for hydroxylation is 1. The van der Waals surface area contributed by atoms with Crippen molar-refractivity contribution in [1.29, 1.82) is 0 Å². The lowest BCUT2D eigenvalue weighted by Crippen LogP contribution is -2.55. The number of benzene rings is 3. The molecule has 0 radical (unpaired) electrons. The third-order valence-electron chi connectivity index (χ3n) is 9.21. The standard InChI is InChI=1S/C38H39F3N6O4/c1-4-25(23-45-17-19-51-20-18-45)34(48)42-29-14-10-11-26(22-29)32-31-24(3)44-47(30-15-7-6-8-16-30)36(31)46(5-2)37(50)33(32)43-35(49)27-12-9-13-28(21-27)38(39,40)41/h4,6-16,21-22,32-33H,5,17-20,23H2,1-3H3,(H,42,48)(H,43,49)/b25-4+/t32-,33+/m1/s1. The number of carbonyl (C=O) groups is 3. The number of nitrogens with zero attached hydrogens (tertiary/aromatic N) is 4. The van der Waals surface area contributed by atoms with E-state index in [1.54, 1.807) is 41.9 Å². The van der Waals surface area contributed by atoms with Crippen molar-refractivity contribution in [3.8, 4) is 5.69 Å². The van der Waals surface area contributed by atoms with Crippen molar-refractivity contribution < 1.29 is 32.3 Å². The topological polar surface area (TPSA) is 109 Å². The summed E-state index contributed by atoms with van der Waals surface area (Å²) in [7, 11) is 0. The number of para-hydroxylation sites is 1. The van der Waals surface area contributed by atoms with Gasteiger partial charge in [0.25, 0.3) is 17.7 Å². The predicted molar refractivity (Wildman–Crippen MR) is 187 cm³/mol. The molecule has 1 fully saturated rings. The molecule has 0 bridgehead atoms. The van der Waals surface area contributed by atoms with Gasteiger partial charge in [-0.05, 0) is 68.8 Å². The predicted octanol–water partition coefficient (Wildman–Crippen LogP) is 5.71. The van der Waals surface area contributed by atoms with E-state index in [-0.39, 0.29) is 18.0 Å². The zero-order chi connectivity index (χ0) is 36.3. The molecule has 6 rings (SSSR count). The average molecular weight is 701 g/mol. The van der Waals surface area contributed by atoms with E-state index < -0.39 is 35.5 Å². The second-order valence-corrected chi connectivity index (χ2v) is 12.4. The number of rotatable bonds is 9. The minimum Gasteiger partial charge on any atom is -0.379 e. The van der Waals surface area contributed by atoms with E-state index in [4.69, 9.17) is 9.84 Å². The number of alkyl halides is 3. The van der Waals surface area contributed by atoms with Crippen LogP contribution in [0.15, 0.2) is 90.5 Å². The monoisotopic (exact) mass is 700 g/mol. The lowest BCUT2D eigenvalue weighted by Gasteiger charge is -2.38. The first-order valence-electron chi connectivity index (χ1n) is 16.8. The van der Waals surface area contributed by atoms with Gasteiger partial charge in [0, 0.05) is 54.5 Å². The van der Waals surface area contributed by atoms with Gasteiger partial charge in [0.15, 0.2) is 0 Å². The van der Waals surface area contributed by atoms with Crippen LogP contribution in [-0.4, -0.2) is 77.8 Å². The molecule has 0 spiro atoms. The first kappa shape index (κ1) is 35.6. The minimum atomic E-state index is -4.66. The molecule has 2 aliphatic rings. The Hall–Kier alpha value is -5.27. The van der Waals surface area contributed by atoms with E-state index in [1.165, 1.54) is 11.0 Å². The molecule has 266 valence electrons. The molecule has 4 aromatic rings. The Labute approximate surface area is 293 Å². The van der Waals surface area contributed by atoms with E-state index in [0.717, 1.165) is 37.0 Å². The molecule has 3 heterocycles. The molecule has 10 nitrogen and oxygen atoms in total. The number of fused-ring (bicyclic) bond motifs is 1. The number of carbonyl (C=O) groups excluding carboxylic acids is 3. The summed E-state index contributed by atoms with van der Waals surface area (Å²) in [5.74, 6) is -1.85. The van der Waals surface area contributed by atoms with Gasteiger partial charge in [-0.2, -0.15) is 18.3 Å². The highest BCUT2D eigenvalue weighted by Gasteiger charge is 2.45. The zero-order valence-corrected chi connectivity index (χ0v) is 28.5. The molecular weight excluding hydrogens is 661 g/mol. The third-order valence-corrected chi connectivity index (χ3v) is 9.21. The Kier molecular flexibility index (Phi) is 10.4. The first-order chi connectivity index (χ1) is 24.5. The molecule has 0 saturated carbocycles. The van der Waals surface area contributed by atoms with Crippen molar-refractivity contribution in [2.45, 2.75) is 38.9 Å². The molecule has 1 saturated heterocycles. The molecule has 0 unspecified atom stereocenters. The molecule has 3 amide bonds. The van der Waals surface area contributed by atoms with Crippen LogP contribution in [0.3, 0.4) is 0 Å². The van der Waals surface area contributed by atoms with Crippen molar-refractivity contribution in [1.82, 2.24) is 20.0 Å². The summed E-state index contributed by atoms with van der Waals surface area (Å²) in [5.41, 5.74) is 2.43. The van der Waals surface area contributed by atoms with E-state index >= 15 is 0 Å².